The first-order chi connectivity index (χ1) is 9.61. The van der Waals surface area contributed by atoms with Gasteiger partial charge in [0, 0.05) is 19.7 Å². The molecule has 1 nitrogen and oxygen atoms in total. The zero-order chi connectivity index (χ0) is 14.5. The molecule has 0 bridgehead atoms. The second kappa shape index (κ2) is 7.64. The van der Waals surface area contributed by atoms with Crippen molar-refractivity contribution in [3.05, 3.63) is 67.2 Å². The molecule has 0 aliphatic carbocycles. The Morgan fingerprint density at radius 3 is 2.20 bits per heavy atom. The summed E-state index contributed by atoms with van der Waals surface area (Å²) < 4.78 is 1.23. The summed E-state index contributed by atoms with van der Waals surface area (Å²) in [6, 6.07) is 14.4. The van der Waals surface area contributed by atoms with Crippen molar-refractivity contribution in [2.24, 2.45) is 0 Å². The lowest BCUT2D eigenvalue weighted by atomic mass is 9.98. The lowest BCUT2D eigenvalue weighted by Gasteiger charge is -2.20. The lowest BCUT2D eigenvalue weighted by molar-refractivity contribution is 0.550. The van der Waals surface area contributed by atoms with Crippen LogP contribution in [-0.2, 0) is 6.42 Å². The summed E-state index contributed by atoms with van der Waals surface area (Å²) in [4.78, 5) is 0. The Balaban J connectivity index is 2.28. The third-order valence-electron chi connectivity index (χ3n) is 3.19. The molecule has 106 valence electrons. The highest BCUT2D eigenvalue weighted by Crippen LogP contribution is 2.29. The van der Waals surface area contributed by atoms with Crippen LogP contribution in [0.4, 0.5) is 0 Å². The first kappa shape index (κ1) is 16.1. The maximum absolute atomic E-state index is 6.27. The number of benzene rings is 2. The van der Waals surface area contributed by atoms with Gasteiger partial charge in [-0.15, -0.1) is 0 Å². The molecule has 0 aliphatic rings. The van der Waals surface area contributed by atoms with Crippen molar-refractivity contribution >= 4 is 45.8 Å². The minimum atomic E-state index is 0.217. The number of likely N-dealkylation sites (N-methyl/N-ethyl adjacent to an activating group) is 1. The molecular weight excluding hydrogens is 404 g/mol. The molecule has 0 saturated heterocycles. The molecule has 0 aliphatic heterocycles. The largest absolute Gasteiger partial charge is 0.310 e. The summed E-state index contributed by atoms with van der Waals surface area (Å²) in [5, 5.41) is 4.96. The van der Waals surface area contributed by atoms with Crippen LogP contribution in [0.2, 0.25) is 10.0 Å². The molecule has 20 heavy (non-hydrogen) atoms. The summed E-state index contributed by atoms with van der Waals surface area (Å²) in [6.07, 6.45) is 0.785. The minimum absolute atomic E-state index is 0.217. The van der Waals surface area contributed by atoms with E-state index in [9.17, 15) is 0 Å². The Morgan fingerprint density at radius 1 is 1.05 bits per heavy atom. The van der Waals surface area contributed by atoms with Crippen LogP contribution >= 0.6 is 45.8 Å². The van der Waals surface area contributed by atoms with Gasteiger partial charge in [-0.3, -0.25) is 0 Å². The molecule has 1 N–H and O–H groups in total. The van der Waals surface area contributed by atoms with E-state index < -0.39 is 0 Å². The number of halogens is 3. The summed E-state index contributed by atoms with van der Waals surface area (Å²) in [5.74, 6) is 0. The smallest absolute Gasteiger partial charge is 0.0453 e. The van der Waals surface area contributed by atoms with Crippen molar-refractivity contribution in [2.75, 3.05) is 6.54 Å². The minimum Gasteiger partial charge on any atom is -0.310 e. The third kappa shape index (κ3) is 4.10. The SMILES string of the molecule is CCNC(Cc1c(Cl)cccc1Cl)c1ccc(I)cc1. The summed E-state index contributed by atoms with van der Waals surface area (Å²) in [5.41, 5.74) is 2.25. The Morgan fingerprint density at radius 2 is 1.65 bits per heavy atom. The highest BCUT2D eigenvalue weighted by molar-refractivity contribution is 14.1. The summed E-state index contributed by atoms with van der Waals surface area (Å²) in [7, 11) is 0. The highest BCUT2D eigenvalue weighted by atomic mass is 127. The molecule has 1 atom stereocenters. The summed E-state index contributed by atoms with van der Waals surface area (Å²) >= 11 is 14.9. The molecule has 0 heterocycles. The quantitative estimate of drug-likeness (QED) is 0.631. The number of hydrogen-bond donors (Lipinski definition) is 1. The standard InChI is InChI=1S/C16H16Cl2IN/c1-2-20-16(11-6-8-12(19)9-7-11)10-13-14(17)4-3-5-15(13)18/h3-9,16,20H,2,10H2,1H3. The maximum atomic E-state index is 6.27. The van der Waals surface area contributed by atoms with E-state index in [-0.39, 0.29) is 6.04 Å². The van der Waals surface area contributed by atoms with Crippen LogP contribution in [0, 0.1) is 3.57 Å². The number of hydrogen-bond acceptors (Lipinski definition) is 1. The van der Waals surface area contributed by atoms with Gasteiger partial charge in [-0.05, 0) is 70.9 Å². The normalized spacial score (nSPS) is 12.4. The molecule has 0 amide bonds. The van der Waals surface area contributed by atoms with E-state index >= 15 is 0 Å². The molecule has 2 aromatic carbocycles. The zero-order valence-electron chi connectivity index (χ0n) is 11.2. The Bertz CT molecular complexity index is 549. The molecule has 0 fully saturated rings. The van der Waals surface area contributed by atoms with E-state index in [0.717, 1.165) is 28.6 Å². The average molecular weight is 420 g/mol. The van der Waals surface area contributed by atoms with Crippen LogP contribution in [0.3, 0.4) is 0 Å². The predicted molar refractivity (Wildman–Crippen MR) is 95.7 cm³/mol. The van der Waals surface area contributed by atoms with E-state index in [1.807, 2.05) is 18.2 Å². The van der Waals surface area contributed by atoms with Gasteiger partial charge < -0.3 is 5.32 Å². The van der Waals surface area contributed by atoms with Crippen LogP contribution < -0.4 is 5.32 Å². The second-order valence-electron chi connectivity index (χ2n) is 4.57. The van der Waals surface area contributed by atoms with E-state index in [4.69, 9.17) is 23.2 Å². The van der Waals surface area contributed by atoms with Gasteiger partial charge in [-0.25, -0.2) is 0 Å². The van der Waals surface area contributed by atoms with Crippen LogP contribution in [-0.4, -0.2) is 6.54 Å². The topological polar surface area (TPSA) is 12.0 Å². The van der Waals surface area contributed by atoms with Crippen LogP contribution in [0.1, 0.15) is 24.1 Å². The van der Waals surface area contributed by atoms with Crippen molar-refractivity contribution < 1.29 is 0 Å². The Kier molecular flexibility index (Phi) is 6.15. The first-order valence-electron chi connectivity index (χ1n) is 6.53. The summed E-state index contributed by atoms with van der Waals surface area (Å²) in [6.45, 7) is 3.01. The molecule has 2 rings (SSSR count). The van der Waals surface area contributed by atoms with Crippen molar-refractivity contribution in [3.8, 4) is 0 Å². The molecule has 4 heteroatoms. The van der Waals surface area contributed by atoms with Gasteiger partial charge >= 0.3 is 0 Å². The van der Waals surface area contributed by atoms with Crippen LogP contribution in [0.5, 0.6) is 0 Å². The van der Waals surface area contributed by atoms with E-state index in [1.165, 1.54) is 9.13 Å². The molecule has 0 spiro atoms. The fourth-order valence-corrected chi connectivity index (χ4v) is 3.09. The van der Waals surface area contributed by atoms with Crippen molar-refractivity contribution in [2.45, 2.75) is 19.4 Å². The van der Waals surface area contributed by atoms with Crippen molar-refractivity contribution in [1.29, 1.82) is 0 Å². The molecular formula is C16H16Cl2IN. The van der Waals surface area contributed by atoms with Gasteiger partial charge in [0.2, 0.25) is 0 Å². The van der Waals surface area contributed by atoms with Crippen LogP contribution in [0.15, 0.2) is 42.5 Å². The highest BCUT2D eigenvalue weighted by Gasteiger charge is 2.15. The molecule has 2 aromatic rings. The van der Waals surface area contributed by atoms with Gasteiger partial charge in [0.05, 0.1) is 0 Å². The van der Waals surface area contributed by atoms with E-state index in [1.54, 1.807) is 0 Å². The van der Waals surface area contributed by atoms with E-state index in [0.29, 0.717) is 0 Å². The van der Waals surface area contributed by atoms with Crippen molar-refractivity contribution in [1.82, 2.24) is 5.32 Å². The lowest BCUT2D eigenvalue weighted by Crippen LogP contribution is -2.23. The van der Waals surface area contributed by atoms with Gasteiger partial charge in [0.15, 0.2) is 0 Å². The average Bonchev–Trinajstić information content (AvgIpc) is 2.43. The predicted octanol–water partition coefficient (Wildman–Crippen LogP) is 5.49. The first-order valence-corrected chi connectivity index (χ1v) is 8.37. The van der Waals surface area contributed by atoms with Crippen LogP contribution in [0.25, 0.3) is 0 Å². The number of rotatable bonds is 5. The molecule has 0 aromatic heterocycles. The van der Waals surface area contributed by atoms with Gasteiger partial charge in [0.25, 0.3) is 0 Å². The van der Waals surface area contributed by atoms with E-state index in [2.05, 4.69) is 59.1 Å². The second-order valence-corrected chi connectivity index (χ2v) is 6.63. The molecule has 0 saturated carbocycles. The Hall–Kier alpha value is -0.290. The fraction of sp³-hybridized carbons (Fsp3) is 0.250. The molecule has 1 unspecified atom stereocenters. The van der Waals surface area contributed by atoms with Gasteiger partial charge in [-0.2, -0.15) is 0 Å². The van der Waals surface area contributed by atoms with Crippen molar-refractivity contribution in [3.63, 3.8) is 0 Å². The zero-order valence-corrected chi connectivity index (χ0v) is 14.8. The fourth-order valence-electron chi connectivity index (χ4n) is 2.18. The van der Waals surface area contributed by atoms with Gasteiger partial charge in [0.1, 0.15) is 0 Å². The third-order valence-corrected chi connectivity index (χ3v) is 4.62. The number of nitrogens with one attached hydrogen (secondary N) is 1. The molecule has 0 radical (unpaired) electrons. The maximum Gasteiger partial charge on any atom is 0.0453 e. The Labute approximate surface area is 143 Å². The monoisotopic (exact) mass is 419 g/mol. The van der Waals surface area contributed by atoms with Gasteiger partial charge in [-0.1, -0.05) is 48.3 Å².